The molecular formula is C76H52N2. The molecule has 2 aromatic heterocycles. The quantitative estimate of drug-likeness (QED) is 0.123. The van der Waals surface area contributed by atoms with Crippen molar-refractivity contribution in [1.82, 2.24) is 9.13 Å². The van der Waals surface area contributed by atoms with Gasteiger partial charge < -0.3 is 9.13 Å². The monoisotopic (exact) mass is 992 g/mol. The lowest BCUT2D eigenvalue weighted by Gasteiger charge is -2.26. The van der Waals surface area contributed by atoms with Crippen LogP contribution in [-0.2, 0) is 10.8 Å². The predicted molar refractivity (Wildman–Crippen MR) is 331 cm³/mol. The molecule has 2 nitrogen and oxygen atoms in total. The van der Waals surface area contributed by atoms with Gasteiger partial charge >= 0.3 is 0 Å². The van der Waals surface area contributed by atoms with Crippen molar-refractivity contribution in [1.29, 1.82) is 0 Å². The van der Waals surface area contributed by atoms with Gasteiger partial charge in [-0.15, -0.1) is 0 Å². The fraction of sp³-hybridized carbons (Fsp3) is 0.0789. The smallest absolute Gasteiger partial charge is 0.0541 e. The van der Waals surface area contributed by atoms with Gasteiger partial charge in [0.15, 0.2) is 0 Å². The van der Waals surface area contributed by atoms with E-state index in [4.69, 9.17) is 0 Å². The number of aromatic nitrogens is 2. The van der Waals surface area contributed by atoms with Crippen molar-refractivity contribution < 1.29 is 0 Å². The van der Waals surface area contributed by atoms with Crippen LogP contribution in [0.1, 0.15) is 49.9 Å². The SMILES string of the molecule is CC1(C)c2ccccc2-c2ccc3c(c(-c4ccc5c(c4)c4ccccc4n5-c4ccccc4)cc4cc5c(cc(-c6ccc7c(c6)c6ccccc6n7-c6ccccc6)c6c7c(ccc65)-c5ccccc5C7(C)C)cc43)c21. The molecule has 0 aliphatic heterocycles. The van der Waals surface area contributed by atoms with E-state index in [2.05, 4.69) is 279 Å². The van der Waals surface area contributed by atoms with Gasteiger partial charge in [0.25, 0.3) is 0 Å². The van der Waals surface area contributed by atoms with Crippen molar-refractivity contribution in [3.63, 3.8) is 0 Å². The van der Waals surface area contributed by atoms with Crippen LogP contribution in [0.3, 0.4) is 0 Å². The molecule has 0 bridgehead atoms. The fourth-order valence-corrected chi connectivity index (χ4v) is 15.0. The Morgan fingerprint density at radius 1 is 0.256 bits per heavy atom. The number of hydrogen-bond acceptors (Lipinski definition) is 0. The molecule has 0 saturated heterocycles. The van der Waals surface area contributed by atoms with Gasteiger partial charge in [0.05, 0.1) is 22.1 Å². The molecular weight excluding hydrogens is 941 g/mol. The lowest BCUT2D eigenvalue weighted by Crippen LogP contribution is -2.16. The first kappa shape index (κ1) is 43.7. The van der Waals surface area contributed by atoms with Crippen LogP contribution in [0.5, 0.6) is 0 Å². The summed E-state index contributed by atoms with van der Waals surface area (Å²) in [6.45, 7) is 9.75. The summed E-state index contributed by atoms with van der Waals surface area (Å²) in [7, 11) is 0. The van der Waals surface area contributed by atoms with Crippen LogP contribution < -0.4 is 0 Å². The summed E-state index contributed by atoms with van der Waals surface area (Å²) < 4.78 is 4.85. The highest BCUT2D eigenvalue weighted by molar-refractivity contribution is 6.25. The average molecular weight is 993 g/mol. The second-order valence-electron chi connectivity index (χ2n) is 23.1. The lowest BCUT2D eigenvalue weighted by molar-refractivity contribution is 0.666. The van der Waals surface area contributed by atoms with E-state index in [9.17, 15) is 0 Å². The molecule has 15 aromatic rings. The van der Waals surface area contributed by atoms with Crippen LogP contribution in [0.2, 0.25) is 0 Å². The van der Waals surface area contributed by atoms with Crippen molar-refractivity contribution in [2.75, 3.05) is 0 Å². The number of rotatable bonds is 4. The summed E-state index contributed by atoms with van der Waals surface area (Å²) in [5.74, 6) is 0. The Kier molecular flexibility index (Phi) is 8.72. The average Bonchev–Trinajstić information content (AvgIpc) is 4.30. The molecule has 0 spiro atoms. The predicted octanol–water partition coefficient (Wildman–Crippen LogP) is 20.4. The van der Waals surface area contributed by atoms with Crippen molar-refractivity contribution in [3.05, 3.63) is 265 Å². The molecule has 2 heterocycles. The standard InChI is InChI=1S/C76H52N2/c1-75(2)65-27-15-11-23-51(65)57-35-33-55-59-41-48-44-62(46-32-38-70-64(40-46)54-26-14-18-30-68(54)78(70)50-21-9-6-10-22-50)72-56(34-36-58-52-24-12-16-28-66(52)76(3,4)74(58)72)60(48)42-47(59)43-61(71(55)73(57)75)45-31-37-69-63(39-45)53-25-13-17-29-67(53)77(69)49-19-7-5-8-20-49/h5-44H,1-4H3. The molecule has 13 aromatic carbocycles. The molecule has 0 N–H and O–H groups in total. The van der Waals surface area contributed by atoms with Crippen LogP contribution in [0, 0.1) is 0 Å². The number of para-hydroxylation sites is 4. The molecule has 0 saturated carbocycles. The number of benzene rings is 13. The highest BCUT2D eigenvalue weighted by atomic mass is 15.0. The molecule has 2 aliphatic carbocycles. The third-order valence-electron chi connectivity index (χ3n) is 18.4. The van der Waals surface area contributed by atoms with E-state index in [0.29, 0.717) is 0 Å². The topological polar surface area (TPSA) is 9.86 Å². The number of hydrogen-bond donors (Lipinski definition) is 0. The first-order valence-corrected chi connectivity index (χ1v) is 27.6. The van der Waals surface area contributed by atoms with Crippen molar-refractivity contribution in [2.45, 2.75) is 38.5 Å². The van der Waals surface area contributed by atoms with Gasteiger partial charge in [0, 0.05) is 43.7 Å². The van der Waals surface area contributed by atoms with E-state index in [1.165, 1.54) is 165 Å². The zero-order valence-corrected chi connectivity index (χ0v) is 44.0. The maximum Gasteiger partial charge on any atom is 0.0541 e. The van der Waals surface area contributed by atoms with Gasteiger partial charge in [-0.1, -0.05) is 185 Å². The largest absolute Gasteiger partial charge is 0.309 e. The van der Waals surface area contributed by atoms with E-state index in [0.717, 1.165) is 0 Å². The molecule has 0 radical (unpaired) electrons. The van der Waals surface area contributed by atoms with Crippen molar-refractivity contribution in [2.24, 2.45) is 0 Å². The summed E-state index contributed by atoms with van der Waals surface area (Å²) >= 11 is 0. The Morgan fingerprint density at radius 2 is 0.641 bits per heavy atom. The Bertz CT molecular complexity index is 4800. The van der Waals surface area contributed by atoms with E-state index in [1.807, 2.05) is 0 Å². The molecule has 0 unspecified atom stereocenters. The zero-order chi connectivity index (χ0) is 51.8. The van der Waals surface area contributed by atoms with Crippen LogP contribution in [0.4, 0.5) is 0 Å². The van der Waals surface area contributed by atoms with Crippen LogP contribution in [0.25, 0.3) is 143 Å². The van der Waals surface area contributed by atoms with Gasteiger partial charge in [0.1, 0.15) is 0 Å². The number of fused-ring (bicyclic) bond motifs is 20. The van der Waals surface area contributed by atoms with E-state index >= 15 is 0 Å². The Morgan fingerprint density at radius 3 is 1.09 bits per heavy atom. The van der Waals surface area contributed by atoms with E-state index < -0.39 is 0 Å². The Labute approximate surface area is 452 Å². The lowest BCUT2D eigenvalue weighted by atomic mass is 9.77. The van der Waals surface area contributed by atoms with E-state index in [1.54, 1.807) is 0 Å². The highest BCUT2D eigenvalue weighted by Gasteiger charge is 2.39. The Balaban J connectivity index is 0.979. The van der Waals surface area contributed by atoms with Crippen molar-refractivity contribution >= 4 is 86.7 Å². The summed E-state index contributed by atoms with van der Waals surface area (Å²) in [6.07, 6.45) is 0. The minimum atomic E-state index is -0.228. The molecule has 366 valence electrons. The molecule has 2 aliphatic rings. The summed E-state index contributed by atoms with van der Waals surface area (Å²) in [5, 5.41) is 15.3. The fourth-order valence-electron chi connectivity index (χ4n) is 15.0. The minimum Gasteiger partial charge on any atom is -0.309 e. The van der Waals surface area contributed by atoms with Gasteiger partial charge in [0.2, 0.25) is 0 Å². The van der Waals surface area contributed by atoms with E-state index in [-0.39, 0.29) is 10.8 Å². The number of nitrogens with zero attached hydrogens (tertiary/aromatic N) is 2. The van der Waals surface area contributed by atoms with Crippen LogP contribution in [0.15, 0.2) is 243 Å². The van der Waals surface area contributed by atoms with Gasteiger partial charge in [-0.25, -0.2) is 0 Å². The summed E-state index contributed by atoms with van der Waals surface area (Å²) in [6, 6.07) is 91.9. The molecule has 2 heteroatoms. The second kappa shape index (κ2) is 15.6. The van der Waals surface area contributed by atoms with Crippen LogP contribution >= 0.6 is 0 Å². The molecule has 0 amide bonds. The molecule has 0 atom stereocenters. The third-order valence-corrected chi connectivity index (χ3v) is 18.4. The maximum atomic E-state index is 2.54. The Hall–Kier alpha value is -9.50. The summed E-state index contributed by atoms with van der Waals surface area (Å²) in [4.78, 5) is 0. The first-order chi connectivity index (χ1) is 38.2. The highest BCUT2D eigenvalue weighted by Crippen LogP contribution is 2.57. The minimum absolute atomic E-state index is 0.228. The molecule has 78 heavy (non-hydrogen) atoms. The zero-order valence-electron chi connectivity index (χ0n) is 44.0. The van der Waals surface area contributed by atoms with Gasteiger partial charge in [-0.2, -0.15) is 0 Å². The van der Waals surface area contributed by atoms with Gasteiger partial charge in [-0.05, 0) is 195 Å². The molecule has 0 fully saturated rings. The third kappa shape index (κ3) is 5.76. The normalized spacial score (nSPS) is 14.1. The summed E-state index contributed by atoms with van der Waals surface area (Å²) in [5.41, 5.74) is 22.7. The maximum absolute atomic E-state index is 2.54. The van der Waals surface area contributed by atoms with Crippen molar-refractivity contribution in [3.8, 4) is 55.9 Å². The first-order valence-electron chi connectivity index (χ1n) is 27.6. The van der Waals surface area contributed by atoms with Crippen LogP contribution in [-0.4, -0.2) is 9.13 Å². The second-order valence-corrected chi connectivity index (χ2v) is 23.1. The molecule has 17 rings (SSSR count). The van der Waals surface area contributed by atoms with Gasteiger partial charge in [-0.3, -0.25) is 0 Å².